The molecule has 0 amide bonds. The standard InChI is InChI=1S/C15H17FN2/c1-3-17-11(2)13-8-7-12(16)10-14(13)15-6-4-5-9-18-15/h4-11,17H,3H2,1-2H3. The van der Waals surface area contributed by atoms with Gasteiger partial charge in [0.25, 0.3) is 0 Å². The van der Waals surface area contributed by atoms with Crippen molar-refractivity contribution in [2.45, 2.75) is 19.9 Å². The van der Waals surface area contributed by atoms with Gasteiger partial charge >= 0.3 is 0 Å². The first-order valence-corrected chi connectivity index (χ1v) is 6.16. The molecule has 1 N–H and O–H groups in total. The van der Waals surface area contributed by atoms with Gasteiger partial charge < -0.3 is 5.32 Å². The van der Waals surface area contributed by atoms with E-state index in [1.165, 1.54) is 6.07 Å². The summed E-state index contributed by atoms with van der Waals surface area (Å²) in [6, 6.07) is 10.7. The summed E-state index contributed by atoms with van der Waals surface area (Å²) in [4.78, 5) is 4.30. The molecule has 1 aromatic heterocycles. The van der Waals surface area contributed by atoms with Crippen LogP contribution in [0.5, 0.6) is 0 Å². The molecule has 94 valence electrons. The third-order valence-corrected chi connectivity index (χ3v) is 2.93. The van der Waals surface area contributed by atoms with Crippen molar-refractivity contribution < 1.29 is 4.39 Å². The minimum Gasteiger partial charge on any atom is -0.310 e. The van der Waals surface area contributed by atoms with E-state index < -0.39 is 0 Å². The Morgan fingerprint density at radius 2 is 2.11 bits per heavy atom. The van der Waals surface area contributed by atoms with Gasteiger partial charge in [-0.2, -0.15) is 0 Å². The second kappa shape index (κ2) is 5.74. The SMILES string of the molecule is CCNC(C)c1ccc(F)cc1-c1ccccn1. The summed E-state index contributed by atoms with van der Waals surface area (Å²) in [7, 11) is 0. The average Bonchev–Trinajstić information content (AvgIpc) is 2.40. The van der Waals surface area contributed by atoms with Crippen molar-refractivity contribution in [3.63, 3.8) is 0 Å². The lowest BCUT2D eigenvalue weighted by Gasteiger charge is -2.17. The highest BCUT2D eigenvalue weighted by Gasteiger charge is 2.12. The van der Waals surface area contributed by atoms with Crippen molar-refractivity contribution >= 4 is 0 Å². The third-order valence-electron chi connectivity index (χ3n) is 2.93. The van der Waals surface area contributed by atoms with Crippen molar-refractivity contribution in [1.29, 1.82) is 0 Å². The van der Waals surface area contributed by atoms with Crippen molar-refractivity contribution in [3.05, 3.63) is 54.0 Å². The summed E-state index contributed by atoms with van der Waals surface area (Å²) in [6.07, 6.45) is 1.72. The van der Waals surface area contributed by atoms with Gasteiger partial charge in [0, 0.05) is 17.8 Å². The van der Waals surface area contributed by atoms with Gasteiger partial charge in [0.1, 0.15) is 5.82 Å². The molecule has 0 aliphatic rings. The smallest absolute Gasteiger partial charge is 0.123 e. The van der Waals surface area contributed by atoms with Crippen LogP contribution in [0.25, 0.3) is 11.3 Å². The molecule has 0 spiro atoms. The molecule has 1 unspecified atom stereocenters. The minimum absolute atomic E-state index is 0.174. The van der Waals surface area contributed by atoms with Gasteiger partial charge in [-0.15, -0.1) is 0 Å². The zero-order valence-electron chi connectivity index (χ0n) is 10.7. The van der Waals surface area contributed by atoms with Crippen LogP contribution in [-0.4, -0.2) is 11.5 Å². The lowest BCUT2D eigenvalue weighted by molar-refractivity contribution is 0.593. The summed E-state index contributed by atoms with van der Waals surface area (Å²) in [5, 5.41) is 3.34. The maximum atomic E-state index is 13.4. The number of pyridine rings is 1. The summed E-state index contributed by atoms with van der Waals surface area (Å²) in [6.45, 7) is 5.00. The van der Waals surface area contributed by atoms with Gasteiger partial charge in [-0.25, -0.2) is 4.39 Å². The number of halogens is 1. The molecule has 0 aliphatic carbocycles. The highest BCUT2D eigenvalue weighted by atomic mass is 19.1. The highest BCUT2D eigenvalue weighted by Crippen LogP contribution is 2.27. The van der Waals surface area contributed by atoms with Crippen LogP contribution in [0, 0.1) is 5.82 Å². The highest BCUT2D eigenvalue weighted by molar-refractivity contribution is 5.64. The molecule has 0 aliphatic heterocycles. The maximum Gasteiger partial charge on any atom is 0.123 e. The Morgan fingerprint density at radius 3 is 2.78 bits per heavy atom. The molecule has 2 nitrogen and oxygen atoms in total. The van der Waals surface area contributed by atoms with E-state index in [0.29, 0.717) is 0 Å². The molecule has 3 heteroatoms. The number of benzene rings is 1. The van der Waals surface area contributed by atoms with Crippen LogP contribution in [0.3, 0.4) is 0 Å². The fraction of sp³-hybridized carbons (Fsp3) is 0.267. The Kier molecular flexibility index (Phi) is 4.05. The Bertz CT molecular complexity index is 511. The molecule has 18 heavy (non-hydrogen) atoms. The number of aromatic nitrogens is 1. The largest absolute Gasteiger partial charge is 0.310 e. The van der Waals surface area contributed by atoms with E-state index in [0.717, 1.165) is 23.4 Å². The molecule has 2 rings (SSSR count). The lowest BCUT2D eigenvalue weighted by atomic mass is 9.98. The Labute approximate surface area is 107 Å². The number of hydrogen-bond acceptors (Lipinski definition) is 2. The molecule has 1 heterocycles. The summed E-state index contributed by atoms with van der Waals surface area (Å²) < 4.78 is 13.4. The number of rotatable bonds is 4. The van der Waals surface area contributed by atoms with Crippen LogP contribution in [0.1, 0.15) is 25.5 Å². The van der Waals surface area contributed by atoms with E-state index >= 15 is 0 Å². The van der Waals surface area contributed by atoms with Crippen molar-refractivity contribution in [1.82, 2.24) is 10.3 Å². The predicted octanol–water partition coefficient (Wildman–Crippen LogP) is 3.56. The van der Waals surface area contributed by atoms with Gasteiger partial charge in [0.15, 0.2) is 0 Å². The van der Waals surface area contributed by atoms with Crippen molar-refractivity contribution in [3.8, 4) is 11.3 Å². The van der Waals surface area contributed by atoms with Crippen molar-refractivity contribution in [2.24, 2.45) is 0 Å². The Balaban J connectivity index is 2.48. The Morgan fingerprint density at radius 1 is 1.28 bits per heavy atom. The van der Waals surface area contributed by atoms with Crippen molar-refractivity contribution in [2.75, 3.05) is 6.54 Å². The van der Waals surface area contributed by atoms with E-state index in [1.54, 1.807) is 12.3 Å². The van der Waals surface area contributed by atoms with E-state index in [4.69, 9.17) is 0 Å². The summed E-state index contributed by atoms with van der Waals surface area (Å²) >= 11 is 0. The zero-order valence-corrected chi connectivity index (χ0v) is 10.7. The first-order valence-electron chi connectivity index (χ1n) is 6.16. The molecular weight excluding hydrogens is 227 g/mol. The summed E-state index contributed by atoms with van der Waals surface area (Å²) in [5.41, 5.74) is 2.72. The van der Waals surface area contributed by atoms with Crippen LogP contribution in [0.2, 0.25) is 0 Å². The molecule has 0 bridgehead atoms. The molecule has 0 fully saturated rings. The quantitative estimate of drug-likeness (QED) is 0.889. The first-order chi connectivity index (χ1) is 8.72. The van der Waals surface area contributed by atoms with Gasteiger partial charge in [-0.3, -0.25) is 4.98 Å². The van der Waals surface area contributed by atoms with Gasteiger partial charge in [0.05, 0.1) is 5.69 Å². The number of hydrogen-bond donors (Lipinski definition) is 1. The van der Waals surface area contributed by atoms with Crippen LogP contribution in [0.4, 0.5) is 4.39 Å². The van der Waals surface area contributed by atoms with Gasteiger partial charge in [-0.05, 0) is 43.3 Å². The fourth-order valence-electron chi connectivity index (χ4n) is 2.07. The predicted molar refractivity (Wildman–Crippen MR) is 71.7 cm³/mol. The monoisotopic (exact) mass is 244 g/mol. The van der Waals surface area contributed by atoms with E-state index in [1.807, 2.05) is 24.3 Å². The molecule has 2 aromatic rings. The van der Waals surface area contributed by atoms with Crippen LogP contribution in [-0.2, 0) is 0 Å². The first kappa shape index (κ1) is 12.7. The van der Waals surface area contributed by atoms with Crippen LogP contribution >= 0.6 is 0 Å². The normalized spacial score (nSPS) is 12.4. The molecular formula is C15H17FN2. The minimum atomic E-state index is -0.233. The average molecular weight is 244 g/mol. The Hall–Kier alpha value is -1.74. The van der Waals surface area contributed by atoms with Gasteiger partial charge in [0.2, 0.25) is 0 Å². The fourth-order valence-corrected chi connectivity index (χ4v) is 2.07. The maximum absolute atomic E-state index is 13.4. The van der Waals surface area contributed by atoms with E-state index in [-0.39, 0.29) is 11.9 Å². The summed E-state index contributed by atoms with van der Waals surface area (Å²) in [5.74, 6) is -0.233. The van der Waals surface area contributed by atoms with E-state index in [9.17, 15) is 4.39 Å². The lowest BCUT2D eigenvalue weighted by Crippen LogP contribution is -2.18. The van der Waals surface area contributed by atoms with Crippen LogP contribution < -0.4 is 5.32 Å². The topological polar surface area (TPSA) is 24.9 Å². The number of nitrogens with one attached hydrogen (secondary N) is 1. The second-order valence-corrected chi connectivity index (χ2v) is 4.23. The molecule has 0 saturated heterocycles. The molecule has 0 radical (unpaired) electrons. The molecule has 0 saturated carbocycles. The van der Waals surface area contributed by atoms with Crippen LogP contribution in [0.15, 0.2) is 42.6 Å². The molecule has 1 aromatic carbocycles. The van der Waals surface area contributed by atoms with Gasteiger partial charge in [-0.1, -0.05) is 19.1 Å². The second-order valence-electron chi connectivity index (χ2n) is 4.23. The third kappa shape index (κ3) is 2.74. The zero-order chi connectivity index (χ0) is 13.0. The number of nitrogens with zero attached hydrogens (tertiary/aromatic N) is 1. The molecule has 1 atom stereocenters. The van der Waals surface area contributed by atoms with E-state index in [2.05, 4.69) is 24.1 Å².